The van der Waals surface area contributed by atoms with E-state index in [0.717, 1.165) is 32.0 Å². The number of hydrogen-bond donors (Lipinski definition) is 0. The molecule has 1 aromatic carbocycles. The van der Waals surface area contributed by atoms with Crippen LogP contribution in [0.3, 0.4) is 0 Å². The maximum Gasteiger partial charge on any atom is 0.241 e. The number of pyridine rings is 1. The van der Waals surface area contributed by atoms with Crippen LogP contribution in [0.25, 0.3) is 0 Å². The average Bonchev–Trinajstić information content (AvgIpc) is 2.71. The molecule has 0 bridgehead atoms. The minimum Gasteiger partial charge on any atom is -0.354 e. The summed E-state index contributed by atoms with van der Waals surface area (Å²) in [6.45, 7) is 3.71. The maximum absolute atomic E-state index is 13.2. The predicted octanol–water partition coefficient (Wildman–Crippen LogP) is 2.29. The van der Waals surface area contributed by atoms with Crippen LogP contribution in [-0.2, 0) is 4.79 Å². The van der Waals surface area contributed by atoms with E-state index in [1.807, 2.05) is 18.2 Å². The Labute approximate surface area is 158 Å². The van der Waals surface area contributed by atoms with Crippen molar-refractivity contribution in [2.75, 3.05) is 49.1 Å². The fourth-order valence-corrected chi connectivity index (χ4v) is 3.13. The number of benzene rings is 1. The zero-order valence-corrected chi connectivity index (χ0v) is 15.1. The summed E-state index contributed by atoms with van der Waals surface area (Å²) in [4.78, 5) is 23.0. The highest BCUT2D eigenvalue weighted by Gasteiger charge is 2.23. The number of nitrogens with zero attached hydrogens (tertiary/aromatic N) is 5. The minimum absolute atomic E-state index is 0.0804. The van der Waals surface area contributed by atoms with Crippen LogP contribution >= 0.6 is 0 Å². The highest BCUT2D eigenvalue weighted by atomic mass is 19.1. The molecule has 2 heterocycles. The average molecular weight is 367 g/mol. The van der Waals surface area contributed by atoms with Gasteiger partial charge in [-0.3, -0.25) is 9.69 Å². The quantitative estimate of drug-likeness (QED) is 0.784. The second-order valence-electron chi connectivity index (χ2n) is 6.38. The summed E-state index contributed by atoms with van der Waals surface area (Å²) in [7, 11) is 0. The van der Waals surface area contributed by atoms with Crippen LogP contribution in [0.5, 0.6) is 0 Å². The number of carbonyl (C=O) groups is 1. The lowest BCUT2D eigenvalue weighted by molar-refractivity contribution is -0.119. The van der Waals surface area contributed by atoms with Gasteiger partial charge in [0.15, 0.2) is 0 Å². The standard InChI is InChI=1S/C20H22FN5O/c21-17-5-7-18(8-6-17)26(11-3-9-22)20(27)16-24-12-14-25(15-13-24)19-4-1-2-10-23-19/h1-2,4-8,10H,3,11-16H2. The first kappa shape index (κ1) is 18.8. The van der Waals surface area contributed by atoms with Crippen molar-refractivity contribution in [2.24, 2.45) is 0 Å². The molecule has 1 fully saturated rings. The molecule has 7 heteroatoms. The molecule has 0 N–H and O–H groups in total. The van der Waals surface area contributed by atoms with Crippen molar-refractivity contribution >= 4 is 17.4 Å². The zero-order valence-electron chi connectivity index (χ0n) is 15.1. The van der Waals surface area contributed by atoms with Crippen molar-refractivity contribution in [1.29, 1.82) is 5.26 Å². The maximum atomic E-state index is 13.2. The highest BCUT2D eigenvalue weighted by molar-refractivity contribution is 5.94. The van der Waals surface area contributed by atoms with Crippen molar-refractivity contribution in [2.45, 2.75) is 6.42 Å². The first-order valence-corrected chi connectivity index (χ1v) is 8.98. The monoisotopic (exact) mass is 367 g/mol. The van der Waals surface area contributed by atoms with Crippen LogP contribution in [0.15, 0.2) is 48.7 Å². The van der Waals surface area contributed by atoms with Gasteiger partial charge in [-0.1, -0.05) is 6.07 Å². The topological polar surface area (TPSA) is 63.5 Å². The van der Waals surface area contributed by atoms with E-state index >= 15 is 0 Å². The van der Waals surface area contributed by atoms with Gasteiger partial charge >= 0.3 is 0 Å². The van der Waals surface area contributed by atoms with Crippen LogP contribution in [0.2, 0.25) is 0 Å². The largest absolute Gasteiger partial charge is 0.354 e. The molecule has 3 rings (SSSR count). The normalized spacial score (nSPS) is 14.6. The van der Waals surface area contributed by atoms with Gasteiger partial charge in [0, 0.05) is 44.6 Å². The Hall–Kier alpha value is -2.98. The number of aromatic nitrogens is 1. The van der Waals surface area contributed by atoms with E-state index in [-0.39, 0.29) is 24.7 Å². The van der Waals surface area contributed by atoms with Crippen molar-refractivity contribution in [1.82, 2.24) is 9.88 Å². The molecule has 0 aliphatic carbocycles. The molecular formula is C20H22FN5O. The van der Waals surface area contributed by atoms with E-state index < -0.39 is 0 Å². The fourth-order valence-electron chi connectivity index (χ4n) is 3.13. The second kappa shape index (κ2) is 9.10. The smallest absolute Gasteiger partial charge is 0.241 e. The number of nitriles is 1. The third-order valence-electron chi connectivity index (χ3n) is 4.59. The van der Waals surface area contributed by atoms with Crippen molar-refractivity contribution in [3.05, 3.63) is 54.5 Å². The molecule has 0 unspecified atom stereocenters. The third-order valence-corrected chi connectivity index (χ3v) is 4.59. The summed E-state index contributed by atoms with van der Waals surface area (Å²) in [5, 5.41) is 8.88. The molecule has 1 aliphatic heterocycles. The number of carbonyl (C=O) groups excluding carboxylic acids is 1. The van der Waals surface area contributed by atoms with Crippen molar-refractivity contribution < 1.29 is 9.18 Å². The van der Waals surface area contributed by atoms with Gasteiger partial charge in [0.25, 0.3) is 0 Å². The van der Waals surface area contributed by atoms with E-state index in [4.69, 9.17) is 5.26 Å². The molecule has 0 radical (unpaired) electrons. The van der Waals surface area contributed by atoms with E-state index in [2.05, 4.69) is 20.9 Å². The molecule has 2 aromatic rings. The van der Waals surface area contributed by atoms with Crippen LogP contribution < -0.4 is 9.80 Å². The van der Waals surface area contributed by atoms with Gasteiger partial charge in [-0.05, 0) is 36.4 Å². The molecule has 27 heavy (non-hydrogen) atoms. The predicted molar refractivity (Wildman–Crippen MR) is 102 cm³/mol. The van der Waals surface area contributed by atoms with E-state index in [0.29, 0.717) is 12.2 Å². The van der Waals surface area contributed by atoms with Gasteiger partial charge in [0.1, 0.15) is 11.6 Å². The van der Waals surface area contributed by atoms with Gasteiger partial charge in [0.05, 0.1) is 19.0 Å². The molecule has 140 valence electrons. The fraction of sp³-hybridized carbons (Fsp3) is 0.350. The first-order chi connectivity index (χ1) is 13.2. The van der Waals surface area contributed by atoms with Gasteiger partial charge < -0.3 is 9.80 Å². The molecule has 1 aromatic heterocycles. The number of halogens is 1. The summed E-state index contributed by atoms with van der Waals surface area (Å²) in [5.74, 6) is 0.519. The van der Waals surface area contributed by atoms with Crippen molar-refractivity contribution in [3.63, 3.8) is 0 Å². The van der Waals surface area contributed by atoms with Gasteiger partial charge in [-0.2, -0.15) is 5.26 Å². The number of anilines is 2. The lowest BCUT2D eigenvalue weighted by atomic mass is 10.2. The minimum atomic E-state index is -0.350. The van der Waals surface area contributed by atoms with Crippen LogP contribution in [0.4, 0.5) is 15.9 Å². The molecule has 0 saturated carbocycles. The zero-order chi connectivity index (χ0) is 19.1. The molecular weight excluding hydrogens is 345 g/mol. The lowest BCUT2D eigenvalue weighted by Crippen LogP contribution is -2.50. The number of piperazine rings is 1. The van der Waals surface area contributed by atoms with E-state index in [9.17, 15) is 9.18 Å². The number of amides is 1. The Morgan fingerprint density at radius 3 is 2.52 bits per heavy atom. The van der Waals surface area contributed by atoms with Crippen molar-refractivity contribution in [3.8, 4) is 6.07 Å². The van der Waals surface area contributed by atoms with Crippen LogP contribution in [0.1, 0.15) is 6.42 Å². The molecule has 6 nitrogen and oxygen atoms in total. The molecule has 0 spiro atoms. The molecule has 0 atom stereocenters. The molecule has 1 amide bonds. The summed E-state index contributed by atoms with van der Waals surface area (Å²) in [6, 6.07) is 13.7. The summed E-state index contributed by atoms with van der Waals surface area (Å²) in [6.07, 6.45) is 2.01. The van der Waals surface area contributed by atoms with Crippen LogP contribution in [-0.4, -0.2) is 55.1 Å². The van der Waals surface area contributed by atoms with Gasteiger partial charge in [-0.15, -0.1) is 0 Å². The Bertz CT molecular complexity index is 782. The first-order valence-electron chi connectivity index (χ1n) is 8.98. The van der Waals surface area contributed by atoms with E-state index in [1.54, 1.807) is 23.2 Å². The SMILES string of the molecule is N#CCCN(C(=O)CN1CCN(c2ccccn2)CC1)c1ccc(F)cc1. The Morgan fingerprint density at radius 2 is 1.89 bits per heavy atom. The number of hydrogen-bond acceptors (Lipinski definition) is 5. The number of rotatable bonds is 6. The third kappa shape index (κ3) is 5.02. The summed E-state index contributed by atoms with van der Waals surface area (Å²) < 4.78 is 13.2. The Morgan fingerprint density at radius 1 is 1.15 bits per heavy atom. The second-order valence-corrected chi connectivity index (χ2v) is 6.38. The Balaban J connectivity index is 1.59. The lowest BCUT2D eigenvalue weighted by Gasteiger charge is -2.36. The van der Waals surface area contributed by atoms with Gasteiger partial charge in [-0.25, -0.2) is 9.37 Å². The van der Waals surface area contributed by atoms with Gasteiger partial charge in [0.2, 0.25) is 5.91 Å². The molecule has 1 saturated heterocycles. The molecule has 1 aliphatic rings. The summed E-state index contributed by atoms with van der Waals surface area (Å²) in [5.41, 5.74) is 0.615. The van der Waals surface area contributed by atoms with Crippen LogP contribution in [0, 0.1) is 17.1 Å². The Kier molecular flexibility index (Phi) is 6.34. The summed E-state index contributed by atoms with van der Waals surface area (Å²) >= 11 is 0. The van der Waals surface area contributed by atoms with E-state index in [1.165, 1.54) is 12.1 Å². The highest BCUT2D eigenvalue weighted by Crippen LogP contribution is 2.17.